The van der Waals surface area contributed by atoms with E-state index in [4.69, 9.17) is 15.2 Å². The van der Waals surface area contributed by atoms with E-state index in [0.29, 0.717) is 40.6 Å². The van der Waals surface area contributed by atoms with Crippen LogP contribution in [0.1, 0.15) is 32.7 Å². The summed E-state index contributed by atoms with van der Waals surface area (Å²) in [5.74, 6) is 0.780. The van der Waals surface area contributed by atoms with Gasteiger partial charge in [0.2, 0.25) is 0 Å². The molecule has 3 aromatic carbocycles. The lowest BCUT2D eigenvalue weighted by Crippen LogP contribution is -2.27. The number of nitrogen functional groups attached to an aromatic ring is 1. The van der Waals surface area contributed by atoms with E-state index in [0.717, 1.165) is 28.1 Å². The summed E-state index contributed by atoms with van der Waals surface area (Å²) in [7, 11) is 5.17. The Morgan fingerprint density at radius 3 is 2.46 bits per heavy atom. The molecule has 7 nitrogen and oxygen atoms in total. The van der Waals surface area contributed by atoms with Gasteiger partial charge in [0.25, 0.3) is 5.91 Å². The van der Waals surface area contributed by atoms with Crippen LogP contribution in [0.3, 0.4) is 0 Å². The molecule has 0 unspecified atom stereocenters. The zero-order chi connectivity index (χ0) is 26.7. The number of rotatable bonds is 7. The highest BCUT2D eigenvalue weighted by atomic mass is 16.5. The van der Waals surface area contributed by atoms with E-state index in [-0.39, 0.29) is 5.91 Å². The predicted octanol–water partition coefficient (Wildman–Crippen LogP) is 5.63. The smallest absolute Gasteiger partial charge is 0.260 e. The van der Waals surface area contributed by atoms with Crippen molar-refractivity contribution in [1.29, 1.82) is 5.26 Å². The van der Waals surface area contributed by atoms with Crippen molar-refractivity contribution in [3.63, 3.8) is 0 Å². The van der Waals surface area contributed by atoms with Gasteiger partial charge in [-0.15, -0.1) is 0 Å². The number of ether oxygens (including phenoxy) is 2. The zero-order valence-corrected chi connectivity index (χ0v) is 21.7. The first kappa shape index (κ1) is 25.4. The lowest BCUT2D eigenvalue weighted by molar-refractivity contribution is 0.0992. The molecule has 0 spiro atoms. The van der Waals surface area contributed by atoms with Crippen LogP contribution in [0.4, 0.5) is 11.4 Å². The van der Waals surface area contributed by atoms with Gasteiger partial charge in [-0.05, 0) is 60.9 Å². The van der Waals surface area contributed by atoms with Crippen molar-refractivity contribution >= 4 is 17.3 Å². The Labute approximate surface area is 217 Å². The van der Waals surface area contributed by atoms with E-state index in [9.17, 15) is 10.1 Å². The number of carbonyl (C=O) groups excluding carboxylic acids is 1. The maximum absolute atomic E-state index is 13.3. The minimum atomic E-state index is -0.263. The molecule has 0 bridgehead atoms. The molecule has 7 heteroatoms. The second kappa shape index (κ2) is 10.5. The number of anilines is 2. The van der Waals surface area contributed by atoms with Crippen LogP contribution in [0.25, 0.3) is 11.3 Å². The van der Waals surface area contributed by atoms with Crippen molar-refractivity contribution < 1.29 is 14.3 Å². The number of hydrogen-bond donors (Lipinski definition) is 1. The largest absolute Gasteiger partial charge is 0.495 e. The summed E-state index contributed by atoms with van der Waals surface area (Å²) in [6.07, 6.45) is 0. The number of benzene rings is 3. The van der Waals surface area contributed by atoms with Crippen LogP contribution < -0.4 is 20.1 Å². The summed E-state index contributed by atoms with van der Waals surface area (Å²) in [5, 5.41) is 9.50. The fraction of sp³-hybridized carbons (Fsp3) is 0.200. The summed E-state index contributed by atoms with van der Waals surface area (Å²) in [5.41, 5.74) is 13.0. The molecule has 0 fully saturated rings. The van der Waals surface area contributed by atoms with E-state index < -0.39 is 0 Å². The van der Waals surface area contributed by atoms with Gasteiger partial charge in [0.15, 0.2) is 0 Å². The van der Waals surface area contributed by atoms with Gasteiger partial charge in [0.05, 0.1) is 35.3 Å². The summed E-state index contributed by atoms with van der Waals surface area (Å²) < 4.78 is 13.5. The van der Waals surface area contributed by atoms with Gasteiger partial charge >= 0.3 is 0 Å². The molecule has 0 atom stereocenters. The standard InChI is InChI=1S/C30H30N4O3/c1-19-9-14-25(34(4)30(35)24-7-6-8-26(36-5)28(24)32)27(15-19)37-18-21-10-12-22(13-11-21)29-23(17-31)16-20(2)33(29)3/h6-16H,18,32H2,1-5H3. The van der Waals surface area contributed by atoms with E-state index >= 15 is 0 Å². The highest BCUT2D eigenvalue weighted by Gasteiger charge is 2.21. The van der Waals surface area contributed by atoms with Crippen LogP contribution in [0.15, 0.2) is 66.7 Å². The number of methoxy groups -OCH3 is 1. The van der Waals surface area contributed by atoms with Crippen LogP contribution >= 0.6 is 0 Å². The topological polar surface area (TPSA) is 93.5 Å². The van der Waals surface area contributed by atoms with Gasteiger partial charge in [-0.2, -0.15) is 5.26 Å². The number of para-hydroxylation sites is 1. The van der Waals surface area contributed by atoms with E-state index in [1.54, 1.807) is 25.2 Å². The Morgan fingerprint density at radius 2 is 1.78 bits per heavy atom. The molecule has 1 aromatic heterocycles. The summed E-state index contributed by atoms with van der Waals surface area (Å²) in [6.45, 7) is 4.27. The van der Waals surface area contributed by atoms with Gasteiger partial charge in [-0.1, -0.05) is 36.4 Å². The third-order valence-corrected chi connectivity index (χ3v) is 6.51. The number of aromatic nitrogens is 1. The van der Waals surface area contributed by atoms with Crippen LogP contribution in [0.5, 0.6) is 11.5 Å². The number of nitrogens with two attached hydrogens (primary N) is 1. The maximum atomic E-state index is 13.3. The fourth-order valence-corrected chi connectivity index (χ4v) is 4.30. The van der Waals surface area contributed by atoms with Crippen molar-refractivity contribution in [2.24, 2.45) is 7.05 Å². The molecule has 0 saturated heterocycles. The highest BCUT2D eigenvalue weighted by Crippen LogP contribution is 2.33. The average Bonchev–Trinajstić information content (AvgIpc) is 3.20. The minimum Gasteiger partial charge on any atom is -0.495 e. The molecule has 4 rings (SSSR count). The Hall–Kier alpha value is -4.70. The Balaban J connectivity index is 1.56. The number of nitrogens with zero attached hydrogens (tertiary/aromatic N) is 3. The molecule has 1 heterocycles. The van der Waals surface area contributed by atoms with Gasteiger partial charge < -0.3 is 24.7 Å². The first-order valence-electron chi connectivity index (χ1n) is 11.8. The van der Waals surface area contributed by atoms with Crippen molar-refractivity contribution in [1.82, 2.24) is 4.57 Å². The average molecular weight is 495 g/mol. The molecule has 0 saturated carbocycles. The van der Waals surface area contributed by atoms with Gasteiger partial charge in [-0.25, -0.2) is 0 Å². The molecule has 188 valence electrons. The van der Waals surface area contributed by atoms with Gasteiger partial charge in [-0.3, -0.25) is 4.79 Å². The second-order valence-electron chi connectivity index (χ2n) is 8.96. The first-order valence-corrected chi connectivity index (χ1v) is 11.8. The SMILES string of the molecule is COc1cccc(C(=O)N(C)c2ccc(C)cc2OCc2ccc(-c3c(C#N)cc(C)n3C)cc2)c1N. The normalized spacial score (nSPS) is 10.6. The molecular weight excluding hydrogens is 464 g/mol. The monoisotopic (exact) mass is 494 g/mol. The number of nitriles is 1. The van der Waals surface area contributed by atoms with Crippen molar-refractivity contribution in [3.8, 4) is 28.8 Å². The van der Waals surface area contributed by atoms with Gasteiger partial charge in [0.1, 0.15) is 24.2 Å². The Morgan fingerprint density at radius 1 is 1.05 bits per heavy atom. The summed E-state index contributed by atoms with van der Waals surface area (Å²) in [4.78, 5) is 14.8. The second-order valence-corrected chi connectivity index (χ2v) is 8.96. The van der Waals surface area contributed by atoms with Crippen molar-refractivity contribution in [2.75, 3.05) is 24.8 Å². The number of amides is 1. The highest BCUT2D eigenvalue weighted by molar-refractivity contribution is 6.10. The number of aryl methyl sites for hydroxylation is 2. The minimum absolute atomic E-state index is 0.263. The molecule has 0 aliphatic carbocycles. The van der Waals surface area contributed by atoms with E-state index in [2.05, 4.69) is 6.07 Å². The third kappa shape index (κ3) is 5.00. The lowest BCUT2D eigenvalue weighted by Gasteiger charge is -2.22. The molecule has 2 N–H and O–H groups in total. The Kier molecular flexibility index (Phi) is 7.21. The lowest BCUT2D eigenvalue weighted by atomic mass is 10.1. The van der Waals surface area contributed by atoms with Crippen LogP contribution in [0, 0.1) is 25.2 Å². The molecule has 0 aliphatic heterocycles. The first-order chi connectivity index (χ1) is 17.7. The van der Waals surface area contributed by atoms with Crippen LogP contribution in [-0.4, -0.2) is 24.6 Å². The molecule has 0 aliphatic rings. The fourth-order valence-electron chi connectivity index (χ4n) is 4.30. The quantitative estimate of drug-likeness (QED) is 0.336. The number of hydrogen-bond acceptors (Lipinski definition) is 5. The Bertz CT molecular complexity index is 1500. The van der Waals surface area contributed by atoms with Gasteiger partial charge in [0, 0.05) is 19.8 Å². The van der Waals surface area contributed by atoms with E-state index in [1.807, 2.05) is 74.0 Å². The molecule has 0 radical (unpaired) electrons. The summed E-state index contributed by atoms with van der Waals surface area (Å²) >= 11 is 0. The zero-order valence-electron chi connectivity index (χ0n) is 21.7. The molecule has 37 heavy (non-hydrogen) atoms. The van der Waals surface area contributed by atoms with E-state index in [1.165, 1.54) is 12.0 Å². The van der Waals surface area contributed by atoms with Crippen LogP contribution in [0.2, 0.25) is 0 Å². The van der Waals surface area contributed by atoms with Crippen molar-refractivity contribution in [3.05, 3.63) is 94.7 Å². The van der Waals surface area contributed by atoms with Crippen LogP contribution in [-0.2, 0) is 13.7 Å². The van der Waals surface area contributed by atoms with Crippen molar-refractivity contribution in [2.45, 2.75) is 20.5 Å². The molecular formula is C30H30N4O3. The predicted molar refractivity (Wildman–Crippen MR) is 146 cm³/mol. The molecule has 1 amide bonds. The number of carbonyl (C=O) groups is 1. The maximum Gasteiger partial charge on any atom is 0.260 e. The summed E-state index contributed by atoms with van der Waals surface area (Å²) in [6, 6.07) is 23.0. The molecule has 4 aromatic rings. The third-order valence-electron chi connectivity index (χ3n) is 6.51.